The van der Waals surface area contributed by atoms with Crippen LogP contribution in [0.15, 0.2) is 18.2 Å². The van der Waals surface area contributed by atoms with Crippen LogP contribution in [0.4, 0.5) is 4.39 Å². The molecule has 1 rings (SSSR count). The van der Waals surface area contributed by atoms with Crippen molar-refractivity contribution in [1.29, 1.82) is 0 Å². The number of halogens is 1. The highest BCUT2D eigenvalue weighted by Gasteiger charge is 2.14. The van der Waals surface area contributed by atoms with Gasteiger partial charge in [0.15, 0.2) is 11.6 Å². The van der Waals surface area contributed by atoms with Crippen LogP contribution in [0.25, 0.3) is 0 Å². The van der Waals surface area contributed by atoms with Gasteiger partial charge in [-0.2, -0.15) is 0 Å². The molecule has 0 atom stereocenters. The number of amides is 1. The lowest BCUT2D eigenvalue weighted by Crippen LogP contribution is -2.31. The summed E-state index contributed by atoms with van der Waals surface area (Å²) >= 11 is 0. The van der Waals surface area contributed by atoms with Crippen LogP contribution < -0.4 is 4.74 Å². The van der Waals surface area contributed by atoms with Crippen molar-refractivity contribution in [2.45, 2.75) is 26.8 Å². The zero-order valence-corrected chi connectivity index (χ0v) is 11.4. The van der Waals surface area contributed by atoms with E-state index in [9.17, 15) is 14.0 Å². The number of ketones is 1. The molecule has 0 bridgehead atoms. The molecule has 0 N–H and O–H groups in total. The standard InChI is InChI=1S/C14H18FNO3/c1-4-16(14(18)7-10(2)17)9-11-5-6-13(19-3)12(15)8-11/h5-6,8H,4,7,9H2,1-3H3. The van der Waals surface area contributed by atoms with Gasteiger partial charge in [0, 0.05) is 13.1 Å². The molecule has 0 saturated carbocycles. The first kappa shape index (κ1) is 15.1. The minimum Gasteiger partial charge on any atom is -0.494 e. The highest BCUT2D eigenvalue weighted by atomic mass is 19.1. The third-order valence-electron chi connectivity index (χ3n) is 2.72. The van der Waals surface area contributed by atoms with Crippen molar-refractivity contribution >= 4 is 11.7 Å². The van der Waals surface area contributed by atoms with E-state index in [4.69, 9.17) is 4.74 Å². The van der Waals surface area contributed by atoms with E-state index < -0.39 is 5.82 Å². The molecule has 0 heterocycles. The molecule has 1 aromatic rings. The van der Waals surface area contributed by atoms with Crippen LogP contribution in [-0.2, 0) is 16.1 Å². The Balaban J connectivity index is 2.78. The number of hydrogen-bond acceptors (Lipinski definition) is 3. The van der Waals surface area contributed by atoms with Crippen LogP contribution in [-0.4, -0.2) is 30.2 Å². The topological polar surface area (TPSA) is 46.6 Å². The van der Waals surface area contributed by atoms with E-state index in [1.54, 1.807) is 6.07 Å². The van der Waals surface area contributed by atoms with Crippen molar-refractivity contribution in [2.75, 3.05) is 13.7 Å². The van der Waals surface area contributed by atoms with E-state index in [-0.39, 0.29) is 30.4 Å². The van der Waals surface area contributed by atoms with E-state index >= 15 is 0 Å². The summed E-state index contributed by atoms with van der Waals surface area (Å²) in [6.45, 7) is 3.94. The summed E-state index contributed by atoms with van der Waals surface area (Å²) in [6, 6.07) is 4.56. The minimum absolute atomic E-state index is 0.119. The fraction of sp³-hybridized carbons (Fsp3) is 0.429. The van der Waals surface area contributed by atoms with E-state index in [2.05, 4.69) is 0 Å². The number of nitrogens with zero attached hydrogens (tertiary/aromatic N) is 1. The number of Topliss-reactive ketones (excluding diaryl/α,β-unsaturated/α-hetero) is 1. The van der Waals surface area contributed by atoms with Gasteiger partial charge >= 0.3 is 0 Å². The molecule has 0 spiro atoms. The molecule has 0 fully saturated rings. The number of benzene rings is 1. The molecule has 0 radical (unpaired) electrons. The lowest BCUT2D eigenvalue weighted by Gasteiger charge is -2.20. The Morgan fingerprint density at radius 3 is 2.53 bits per heavy atom. The zero-order valence-electron chi connectivity index (χ0n) is 11.4. The summed E-state index contributed by atoms with van der Waals surface area (Å²) in [5.41, 5.74) is 0.664. The highest BCUT2D eigenvalue weighted by molar-refractivity contribution is 5.96. The van der Waals surface area contributed by atoms with Crippen molar-refractivity contribution in [3.8, 4) is 5.75 Å². The fourth-order valence-electron chi connectivity index (χ4n) is 1.73. The van der Waals surface area contributed by atoms with Crippen molar-refractivity contribution < 1.29 is 18.7 Å². The van der Waals surface area contributed by atoms with Crippen LogP contribution in [0, 0.1) is 5.82 Å². The maximum Gasteiger partial charge on any atom is 0.230 e. The number of methoxy groups -OCH3 is 1. The van der Waals surface area contributed by atoms with Crippen LogP contribution in [0.2, 0.25) is 0 Å². The monoisotopic (exact) mass is 267 g/mol. The molecule has 1 amide bonds. The summed E-state index contributed by atoms with van der Waals surface area (Å²) in [7, 11) is 1.40. The molecule has 104 valence electrons. The fourth-order valence-corrected chi connectivity index (χ4v) is 1.73. The predicted molar refractivity (Wildman–Crippen MR) is 69.3 cm³/mol. The minimum atomic E-state index is -0.463. The van der Waals surface area contributed by atoms with Gasteiger partial charge in [-0.25, -0.2) is 4.39 Å². The van der Waals surface area contributed by atoms with Gasteiger partial charge in [-0.05, 0) is 31.5 Å². The molecule has 5 heteroatoms. The number of hydrogen-bond donors (Lipinski definition) is 0. The number of carbonyl (C=O) groups is 2. The average Bonchev–Trinajstić information content (AvgIpc) is 2.35. The van der Waals surface area contributed by atoms with Crippen LogP contribution >= 0.6 is 0 Å². The first-order valence-electron chi connectivity index (χ1n) is 6.07. The molecule has 1 aromatic carbocycles. The lowest BCUT2D eigenvalue weighted by molar-refractivity contribution is -0.135. The van der Waals surface area contributed by atoms with E-state index in [1.807, 2.05) is 6.92 Å². The Kier molecular flexibility index (Phi) is 5.48. The second-order valence-corrected chi connectivity index (χ2v) is 4.26. The van der Waals surface area contributed by atoms with Gasteiger partial charge in [0.1, 0.15) is 5.78 Å². The van der Waals surface area contributed by atoms with Crippen LogP contribution in [0.5, 0.6) is 5.75 Å². The summed E-state index contributed by atoms with van der Waals surface area (Å²) in [5.74, 6) is -0.715. The van der Waals surface area contributed by atoms with Gasteiger partial charge in [-0.1, -0.05) is 6.07 Å². The number of ether oxygens (including phenoxy) is 1. The largest absolute Gasteiger partial charge is 0.494 e. The molecule has 0 aromatic heterocycles. The maximum atomic E-state index is 13.5. The van der Waals surface area contributed by atoms with Crippen molar-refractivity contribution in [3.05, 3.63) is 29.6 Å². The van der Waals surface area contributed by atoms with Crippen LogP contribution in [0.1, 0.15) is 25.8 Å². The summed E-state index contributed by atoms with van der Waals surface area (Å²) < 4.78 is 18.4. The maximum absolute atomic E-state index is 13.5. The number of rotatable bonds is 6. The smallest absolute Gasteiger partial charge is 0.230 e. The first-order valence-corrected chi connectivity index (χ1v) is 6.07. The Bertz CT molecular complexity index is 474. The second-order valence-electron chi connectivity index (χ2n) is 4.26. The third-order valence-corrected chi connectivity index (χ3v) is 2.72. The summed E-state index contributed by atoms with van der Waals surface area (Å²) in [4.78, 5) is 24.2. The first-order chi connectivity index (χ1) is 8.97. The molecule has 0 saturated heterocycles. The summed E-state index contributed by atoms with van der Waals surface area (Å²) in [5, 5.41) is 0. The molecular weight excluding hydrogens is 249 g/mol. The van der Waals surface area contributed by atoms with Gasteiger partial charge in [-0.3, -0.25) is 9.59 Å². The van der Waals surface area contributed by atoms with Gasteiger partial charge < -0.3 is 9.64 Å². The molecule has 0 unspecified atom stereocenters. The Morgan fingerprint density at radius 2 is 2.05 bits per heavy atom. The van der Waals surface area contributed by atoms with Crippen molar-refractivity contribution in [3.63, 3.8) is 0 Å². The number of carbonyl (C=O) groups excluding carboxylic acids is 2. The molecule has 0 aliphatic carbocycles. The van der Waals surface area contributed by atoms with Crippen molar-refractivity contribution in [1.82, 2.24) is 4.90 Å². The Hall–Kier alpha value is -1.91. The second kappa shape index (κ2) is 6.87. The normalized spacial score (nSPS) is 10.1. The van der Waals surface area contributed by atoms with Crippen molar-refractivity contribution in [2.24, 2.45) is 0 Å². The third kappa shape index (κ3) is 4.35. The van der Waals surface area contributed by atoms with Gasteiger partial charge in [0.05, 0.1) is 13.5 Å². The highest BCUT2D eigenvalue weighted by Crippen LogP contribution is 2.18. The Morgan fingerprint density at radius 1 is 1.37 bits per heavy atom. The van der Waals surface area contributed by atoms with E-state index in [0.29, 0.717) is 12.1 Å². The Labute approximate surface area is 112 Å². The van der Waals surface area contributed by atoms with E-state index in [0.717, 1.165) is 0 Å². The predicted octanol–water partition coefficient (Wildman–Crippen LogP) is 2.16. The van der Waals surface area contributed by atoms with Crippen LogP contribution in [0.3, 0.4) is 0 Å². The molecular formula is C14H18FNO3. The van der Waals surface area contributed by atoms with E-state index in [1.165, 1.54) is 31.1 Å². The quantitative estimate of drug-likeness (QED) is 0.742. The SMILES string of the molecule is CCN(Cc1ccc(OC)c(F)c1)C(=O)CC(C)=O. The zero-order chi connectivity index (χ0) is 14.4. The molecule has 0 aliphatic heterocycles. The lowest BCUT2D eigenvalue weighted by atomic mass is 10.2. The van der Waals surface area contributed by atoms with Gasteiger partial charge in [0.2, 0.25) is 5.91 Å². The van der Waals surface area contributed by atoms with Gasteiger partial charge in [0.25, 0.3) is 0 Å². The summed E-state index contributed by atoms with van der Waals surface area (Å²) in [6.07, 6.45) is -0.119. The molecule has 4 nitrogen and oxygen atoms in total. The molecule has 19 heavy (non-hydrogen) atoms. The van der Waals surface area contributed by atoms with Gasteiger partial charge in [-0.15, -0.1) is 0 Å². The molecule has 0 aliphatic rings. The average molecular weight is 267 g/mol.